The van der Waals surface area contributed by atoms with Gasteiger partial charge >= 0.3 is 11.7 Å². The van der Waals surface area contributed by atoms with Crippen molar-refractivity contribution >= 4 is 17.5 Å². The zero-order chi connectivity index (χ0) is 15.1. The van der Waals surface area contributed by atoms with Crippen LogP contribution in [-0.4, -0.2) is 45.5 Å². The molecule has 0 atom stereocenters. The lowest BCUT2D eigenvalue weighted by molar-refractivity contribution is -0.384. The Morgan fingerprint density at radius 3 is 2.85 bits per heavy atom. The van der Waals surface area contributed by atoms with Gasteiger partial charge in [0.05, 0.1) is 11.5 Å². The third-order valence-corrected chi connectivity index (χ3v) is 2.48. The van der Waals surface area contributed by atoms with Crippen molar-refractivity contribution in [1.82, 2.24) is 9.78 Å². The summed E-state index contributed by atoms with van der Waals surface area (Å²) in [7, 11) is 0. The highest BCUT2D eigenvalue weighted by atomic mass is 16.6. The largest absolute Gasteiger partial charge is 0.480 e. The fourth-order valence-corrected chi connectivity index (χ4v) is 1.74. The lowest BCUT2D eigenvalue weighted by Gasteiger charge is -2.08. The predicted molar refractivity (Wildman–Crippen MR) is 70.9 cm³/mol. The molecule has 0 aliphatic rings. The summed E-state index contributed by atoms with van der Waals surface area (Å²) < 4.78 is 6.41. The lowest BCUT2D eigenvalue weighted by Crippen LogP contribution is -2.16. The van der Waals surface area contributed by atoms with E-state index in [4.69, 9.17) is 9.84 Å². The summed E-state index contributed by atoms with van der Waals surface area (Å²) >= 11 is 0. The molecule has 0 aromatic carbocycles. The summed E-state index contributed by atoms with van der Waals surface area (Å²) in [6.45, 7) is 4.10. The minimum atomic E-state index is -1.05. The molecule has 1 aromatic rings. The maximum Gasteiger partial charge on any atom is 0.333 e. The fraction of sp³-hybridized carbons (Fsp3) is 0.636. The van der Waals surface area contributed by atoms with Crippen molar-refractivity contribution in [2.75, 3.05) is 25.1 Å². The molecule has 0 spiro atoms. The third kappa shape index (κ3) is 4.19. The van der Waals surface area contributed by atoms with E-state index < -0.39 is 17.5 Å². The highest BCUT2D eigenvalue weighted by Gasteiger charge is 2.24. The predicted octanol–water partition coefficient (Wildman–Crippen LogP) is 1.02. The normalized spacial score (nSPS) is 10.5. The van der Waals surface area contributed by atoms with Crippen molar-refractivity contribution in [1.29, 1.82) is 0 Å². The van der Waals surface area contributed by atoms with Crippen LogP contribution in [0.1, 0.15) is 19.0 Å². The number of rotatable bonds is 9. The molecule has 112 valence electrons. The van der Waals surface area contributed by atoms with Gasteiger partial charge in [0.1, 0.15) is 12.3 Å². The van der Waals surface area contributed by atoms with E-state index in [0.29, 0.717) is 18.1 Å². The number of carbonyl (C=O) groups is 1. The topological polar surface area (TPSA) is 120 Å². The number of hydrogen-bond acceptors (Lipinski definition) is 6. The zero-order valence-electron chi connectivity index (χ0n) is 11.5. The number of anilines is 1. The van der Waals surface area contributed by atoms with Crippen LogP contribution in [0.5, 0.6) is 0 Å². The average molecular weight is 286 g/mol. The molecule has 9 nitrogen and oxygen atoms in total. The van der Waals surface area contributed by atoms with E-state index in [-0.39, 0.29) is 18.8 Å². The van der Waals surface area contributed by atoms with Crippen LogP contribution in [0.15, 0.2) is 0 Å². The highest BCUT2D eigenvalue weighted by Crippen LogP contribution is 2.28. The van der Waals surface area contributed by atoms with E-state index in [2.05, 4.69) is 10.4 Å². The van der Waals surface area contributed by atoms with Crippen molar-refractivity contribution in [3.63, 3.8) is 0 Å². The number of nitro groups is 1. The first-order chi connectivity index (χ1) is 9.47. The van der Waals surface area contributed by atoms with Gasteiger partial charge in [0.15, 0.2) is 0 Å². The van der Waals surface area contributed by atoms with Crippen LogP contribution in [-0.2, 0) is 16.1 Å². The average Bonchev–Trinajstić information content (AvgIpc) is 2.65. The van der Waals surface area contributed by atoms with Crippen LogP contribution in [0.4, 0.5) is 11.5 Å². The monoisotopic (exact) mass is 286 g/mol. The molecule has 0 amide bonds. The Balaban J connectivity index is 2.70. The first-order valence-electron chi connectivity index (χ1n) is 6.22. The van der Waals surface area contributed by atoms with E-state index in [1.54, 1.807) is 11.6 Å². The molecule has 2 N–H and O–H groups in total. The number of aliphatic carboxylic acids is 1. The van der Waals surface area contributed by atoms with E-state index >= 15 is 0 Å². The van der Waals surface area contributed by atoms with Crippen LogP contribution < -0.4 is 5.32 Å². The molecule has 1 heterocycles. The van der Waals surface area contributed by atoms with Gasteiger partial charge in [0, 0.05) is 13.1 Å². The van der Waals surface area contributed by atoms with E-state index in [1.165, 1.54) is 0 Å². The van der Waals surface area contributed by atoms with E-state index in [1.807, 2.05) is 6.92 Å². The Hall–Kier alpha value is -2.16. The summed E-state index contributed by atoms with van der Waals surface area (Å²) in [4.78, 5) is 20.8. The number of aromatic nitrogens is 2. The van der Waals surface area contributed by atoms with Gasteiger partial charge in [-0.25, -0.2) is 9.48 Å². The molecule has 0 aliphatic heterocycles. The van der Waals surface area contributed by atoms with Crippen molar-refractivity contribution in [3.8, 4) is 0 Å². The maximum absolute atomic E-state index is 11.0. The Kier molecular flexibility index (Phi) is 5.91. The SMILES string of the molecule is CCCn1nc(C)c([N+](=O)[O-])c1NCCOCC(=O)O. The number of ether oxygens (including phenoxy) is 1. The molecule has 0 aliphatic carbocycles. The minimum absolute atomic E-state index is 0.0586. The van der Waals surface area contributed by atoms with Crippen molar-refractivity contribution in [2.24, 2.45) is 0 Å². The van der Waals surface area contributed by atoms with Gasteiger partial charge in [-0.3, -0.25) is 10.1 Å². The summed E-state index contributed by atoms with van der Waals surface area (Å²) in [5.41, 5.74) is 0.286. The second kappa shape index (κ2) is 7.43. The van der Waals surface area contributed by atoms with Crippen molar-refractivity contribution < 1.29 is 19.6 Å². The Morgan fingerprint density at radius 2 is 2.30 bits per heavy atom. The van der Waals surface area contributed by atoms with Gasteiger partial charge in [-0.2, -0.15) is 5.10 Å². The molecule has 1 rings (SSSR count). The van der Waals surface area contributed by atoms with E-state index in [9.17, 15) is 14.9 Å². The Labute approximate surface area is 115 Å². The fourth-order valence-electron chi connectivity index (χ4n) is 1.74. The number of hydrogen-bond donors (Lipinski definition) is 2. The molecule has 1 aromatic heterocycles. The maximum atomic E-state index is 11.0. The molecule has 0 saturated carbocycles. The molecule has 0 radical (unpaired) electrons. The van der Waals surface area contributed by atoms with Crippen LogP contribution >= 0.6 is 0 Å². The molecule has 0 fully saturated rings. The molecular formula is C11H18N4O5. The Bertz CT molecular complexity index is 485. The number of carboxylic acids is 1. The van der Waals surface area contributed by atoms with Gasteiger partial charge in [0.2, 0.25) is 5.82 Å². The van der Waals surface area contributed by atoms with Gasteiger partial charge in [-0.05, 0) is 13.3 Å². The van der Waals surface area contributed by atoms with Crippen LogP contribution in [0.3, 0.4) is 0 Å². The van der Waals surface area contributed by atoms with Gasteiger partial charge in [-0.1, -0.05) is 6.92 Å². The summed E-state index contributed by atoms with van der Waals surface area (Å²) in [6, 6.07) is 0. The van der Waals surface area contributed by atoms with Gasteiger partial charge in [0.25, 0.3) is 0 Å². The van der Waals surface area contributed by atoms with Gasteiger partial charge < -0.3 is 15.2 Å². The van der Waals surface area contributed by atoms with Crippen molar-refractivity contribution in [2.45, 2.75) is 26.8 Å². The quantitative estimate of drug-likeness (QED) is 0.395. The molecule has 0 unspecified atom stereocenters. The highest BCUT2D eigenvalue weighted by molar-refractivity contribution is 5.68. The smallest absolute Gasteiger partial charge is 0.333 e. The second-order valence-electron chi connectivity index (χ2n) is 4.14. The summed E-state index contributed by atoms with van der Waals surface area (Å²) in [5, 5.41) is 26.5. The number of nitrogens with one attached hydrogen (secondary N) is 1. The molecule has 20 heavy (non-hydrogen) atoms. The molecule has 0 bridgehead atoms. The first-order valence-corrected chi connectivity index (χ1v) is 6.22. The zero-order valence-corrected chi connectivity index (χ0v) is 11.5. The lowest BCUT2D eigenvalue weighted by atomic mass is 10.4. The summed E-state index contributed by atoms with van der Waals surface area (Å²) in [6.07, 6.45) is 0.794. The van der Waals surface area contributed by atoms with E-state index in [0.717, 1.165) is 6.42 Å². The van der Waals surface area contributed by atoms with Crippen LogP contribution in [0.2, 0.25) is 0 Å². The summed E-state index contributed by atoms with van der Waals surface area (Å²) in [5.74, 6) is -0.726. The number of aryl methyl sites for hydroxylation is 2. The molecule has 0 saturated heterocycles. The minimum Gasteiger partial charge on any atom is -0.480 e. The molecular weight excluding hydrogens is 268 g/mol. The van der Waals surface area contributed by atoms with Crippen LogP contribution in [0, 0.1) is 17.0 Å². The third-order valence-electron chi connectivity index (χ3n) is 2.48. The number of nitrogens with zero attached hydrogens (tertiary/aromatic N) is 3. The van der Waals surface area contributed by atoms with Crippen LogP contribution in [0.25, 0.3) is 0 Å². The second-order valence-corrected chi connectivity index (χ2v) is 4.14. The number of carboxylic acid groups (broad SMARTS) is 1. The van der Waals surface area contributed by atoms with Gasteiger partial charge in [-0.15, -0.1) is 0 Å². The molecule has 9 heteroatoms. The van der Waals surface area contributed by atoms with Crippen molar-refractivity contribution in [3.05, 3.63) is 15.8 Å². The Morgan fingerprint density at radius 1 is 1.60 bits per heavy atom. The standard InChI is InChI=1S/C11H18N4O5/c1-3-5-14-11(10(15(18)19)8(2)13-14)12-4-6-20-7-9(16)17/h12H,3-7H2,1-2H3,(H,16,17). The first kappa shape index (κ1) is 15.9.